The molecule has 0 atom stereocenters. The lowest BCUT2D eigenvalue weighted by Crippen LogP contribution is -2.50. The SMILES string of the molecule is CCNC(=NCCN1CCN(C(=O)OC(C)(C)C)CC1)NC(C)(C)C. The van der Waals surface area contributed by atoms with Crippen molar-refractivity contribution in [3.05, 3.63) is 0 Å². The van der Waals surface area contributed by atoms with Gasteiger partial charge in [0.15, 0.2) is 5.96 Å². The third kappa shape index (κ3) is 9.53. The summed E-state index contributed by atoms with van der Waals surface area (Å²) in [5.41, 5.74) is -0.453. The van der Waals surface area contributed by atoms with Gasteiger partial charge in [0.25, 0.3) is 0 Å². The number of guanidine groups is 1. The van der Waals surface area contributed by atoms with Gasteiger partial charge in [-0.2, -0.15) is 0 Å². The van der Waals surface area contributed by atoms with Crippen molar-refractivity contribution in [2.24, 2.45) is 4.99 Å². The van der Waals surface area contributed by atoms with Crippen molar-refractivity contribution in [1.29, 1.82) is 0 Å². The van der Waals surface area contributed by atoms with Crippen LogP contribution in [0.25, 0.3) is 0 Å². The zero-order valence-electron chi connectivity index (χ0n) is 17.1. The Balaban J connectivity index is 2.38. The molecule has 1 saturated heterocycles. The van der Waals surface area contributed by atoms with Gasteiger partial charge in [-0.3, -0.25) is 9.89 Å². The van der Waals surface area contributed by atoms with Crippen LogP contribution in [0.15, 0.2) is 4.99 Å². The Morgan fingerprint density at radius 2 is 1.68 bits per heavy atom. The minimum absolute atomic E-state index is 0.0138. The summed E-state index contributed by atoms with van der Waals surface area (Å²) in [6, 6.07) is 0. The quantitative estimate of drug-likeness (QED) is 0.595. The van der Waals surface area contributed by atoms with Gasteiger partial charge in [0.05, 0.1) is 6.54 Å². The number of piperazine rings is 1. The van der Waals surface area contributed by atoms with E-state index in [1.54, 1.807) is 4.90 Å². The van der Waals surface area contributed by atoms with E-state index in [0.717, 1.165) is 38.7 Å². The summed E-state index contributed by atoms with van der Waals surface area (Å²) in [6.45, 7) is 19.7. The third-order valence-electron chi connectivity index (χ3n) is 3.55. The smallest absolute Gasteiger partial charge is 0.410 e. The van der Waals surface area contributed by atoms with Gasteiger partial charge in [-0.05, 0) is 48.5 Å². The first-order valence-corrected chi connectivity index (χ1v) is 9.27. The predicted molar refractivity (Wildman–Crippen MR) is 103 cm³/mol. The number of carbonyl (C=O) groups is 1. The summed E-state index contributed by atoms with van der Waals surface area (Å²) < 4.78 is 5.43. The van der Waals surface area contributed by atoms with E-state index >= 15 is 0 Å². The molecular formula is C18H37N5O2. The summed E-state index contributed by atoms with van der Waals surface area (Å²) in [5, 5.41) is 6.66. The average Bonchev–Trinajstić information content (AvgIpc) is 2.44. The van der Waals surface area contributed by atoms with Crippen LogP contribution in [0.1, 0.15) is 48.5 Å². The van der Waals surface area contributed by atoms with Crippen LogP contribution >= 0.6 is 0 Å². The van der Waals surface area contributed by atoms with E-state index in [0.29, 0.717) is 13.1 Å². The fourth-order valence-electron chi connectivity index (χ4n) is 2.45. The minimum atomic E-state index is -0.439. The van der Waals surface area contributed by atoms with Crippen LogP contribution in [-0.4, -0.2) is 78.8 Å². The number of aliphatic imine (C=N–C) groups is 1. The Labute approximate surface area is 153 Å². The molecule has 0 aromatic carbocycles. The molecule has 0 spiro atoms. The number of ether oxygens (including phenoxy) is 1. The van der Waals surface area contributed by atoms with Crippen LogP contribution in [0, 0.1) is 0 Å². The molecule has 7 nitrogen and oxygen atoms in total. The maximum absolute atomic E-state index is 12.1. The summed E-state index contributed by atoms with van der Waals surface area (Å²) in [4.78, 5) is 20.8. The molecule has 0 saturated carbocycles. The molecule has 7 heteroatoms. The Hall–Kier alpha value is -1.50. The lowest BCUT2D eigenvalue weighted by Gasteiger charge is -2.35. The molecule has 0 bridgehead atoms. The van der Waals surface area contributed by atoms with Crippen LogP contribution in [-0.2, 0) is 4.74 Å². The van der Waals surface area contributed by atoms with Crippen molar-refractivity contribution in [3.63, 3.8) is 0 Å². The number of nitrogens with zero attached hydrogens (tertiary/aromatic N) is 3. The van der Waals surface area contributed by atoms with Gasteiger partial charge in [0.2, 0.25) is 0 Å². The zero-order valence-corrected chi connectivity index (χ0v) is 17.1. The largest absolute Gasteiger partial charge is 0.444 e. The zero-order chi connectivity index (χ0) is 19.1. The first kappa shape index (κ1) is 21.5. The van der Waals surface area contributed by atoms with Gasteiger partial charge in [0.1, 0.15) is 5.60 Å². The van der Waals surface area contributed by atoms with Crippen molar-refractivity contribution in [2.75, 3.05) is 45.8 Å². The molecule has 25 heavy (non-hydrogen) atoms. The van der Waals surface area contributed by atoms with Crippen LogP contribution in [0.5, 0.6) is 0 Å². The first-order chi connectivity index (χ1) is 11.5. The molecule has 0 aliphatic carbocycles. The van der Waals surface area contributed by atoms with E-state index in [4.69, 9.17) is 4.74 Å². The third-order valence-corrected chi connectivity index (χ3v) is 3.55. The van der Waals surface area contributed by atoms with Gasteiger partial charge < -0.3 is 20.3 Å². The lowest BCUT2D eigenvalue weighted by atomic mass is 10.1. The summed E-state index contributed by atoms with van der Waals surface area (Å²) >= 11 is 0. The molecule has 0 unspecified atom stereocenters. The van der Waals surface area contributed by atoms with Gasteiger partial charge in [0, 0.05) is 44.8 Å². The van der Waals surface area contributed by atoms with Crippen LogP contribution in [0.2, 0.25) is 0 Å². The highest BCUT2D eigenvalue weighted by Crippen LogP contribution is 2.11. The molecule has 2 N–H and O–H groups in total. The Kier molecular flexibility index (Phi) is 7.99. The highest BCUT2D eigenvalue weighted by atomic mass is 16.6. The van der Waals surface area contributed by atoms with Crippen molar-refractivity contribution in [3.8, 4) is 0 Å². The van der Waals surface area contributed by atoms with Crippen LogP contribution in [0.3, 0.4) is 0 Å². The second-order valence-corrected chi connectivity index (χ2v) is 8.44. The normalized spacial score (nSPS) is 17.4. The topological polar surface area (TPSA) is 69.2 Å². The van der Waals surface area contributed by atoms with Gasteiger partial charge in [-0.15, -0.1) is 0 Å². The van der Waals surface area contributed by atoms with E-state index in [9.17, 15) is 4.79 Å². The number of amides is 1. The van der Waals surface area contributed by atoms with Gasteiger partial charge >= 0.3 is 6.09 Å². The summed E-state index contributed by atoms with van der Waals surface area (Å²) in [5.74, 6) is 0.849. The maximum Gasteiger partial charge on any atom is 0.410 e. The minimum Gasteiger partial charge on any atom is -0.444 e. The molecule has 0 aromatic rings. The molecule has 1 aliphatic heterocycles. The number of hydrogen-bond donors (Lipinski definition) is 2. The number of carbonyl (C=O) groups excluding carboxylic acids is 1. The lowest BCUT2D eigenvalue weighted by molar-refractivity contribution is 0.0148. The molecule has 0 radical (unpaired) electrons. The second kappa shape index (κ2) is 9.27. The van der Waals surface area contributed by atoms with Crippen molar-refractivity contribution < 1.29 is 9.53 Å². The van der Waals surface area contributed by atoms with Crippen molar-refractivity contribution in [1.82, 2.24) is 20.4 Å². The Bertz CT molecular complexity index is 443. The highest BCUT2D eigenvalue weighted by Gasteiger charge is 2.25. The van der Waals surface area contributed by atoms with E-state index in [1.165, 1.54) is 0 Å². The summed E-state index contributed by atoms with van der Waals surface area (Å²) in [7, 11) is 0. The monoisotopic (exact) mass is 355 g/mol. The fourth-order valence-corrected chi connectivity index (χ4v) is 2.45. The molecule has 1 heterocycles. The molecule has 1 rings (SSSR count). The molecule has 0 aromatic heterocycles. The van der Waals surface area contributed by atoms with Gasteiger partial charge in [-0.25, -0.2) is 4.79 Å². The Morgan fingerprint density at radius 1 is 1.08 bits per heavy atom. The number of nitrogens with one attached hydrogen (secondary N) is 2. The van der Waals surface area contributed by atoms with E-state index < -0.39 is 5.60 Å². The van der Waals surface area contributed by atoms with E-state index in [-0.39, 0.29) is 11.6 Å². The number of hydrogen-bond acceptors (Lipinski definition) is 4. The average molecular weight is 356 g/mol. The van der Waals surface area contributed by atoms with E-state index in [1.807, 2.05) is 20.8 Å². The van der Waals surface area contributed by atoms with Crippen LogP contribution < -0.4 is 10.6 Å². The van der Waals surface area contributed by atoms with E-state index in [2.05, 4.69) is 48.2 Å². The number of rotatable bonds is 4. The summed E-state index contributed by atoms with van der Waals surface area (Å²) in [6.07, 6.45) is -0.214. The molecule has 1 aliphatic rings. The first-order valence-electron chi connectivity index (χ1n) is 9.27. The standard InChI is InChI=1S/C18H37N5O2/c1-8-19-15(21-17(2,3)4)20-9-10-22-11-13-23(14-12-22)16(24)25-18(5,6)7/h8-14H2,1-7H3,(H2,19,20,21). The maximum atomic E-state index is 12.1. The molecule has 1 fully saturated rings. The highest BCUT2D eigenvalue weighted by molar-refractivity contribution is 5.80. The second-order valence-electron chi connectivity index (χ2n) is 8.44. The Morgan fingerprint density at radius 3 is 2.16 bits per heavy atom. The fraction of sp³-hybridized carbons (Fsp3) is 0.889. The molecule has 146 valence electrons. The molecular weight excluding hydrogens is 318 g/mol. The predicted octanol–water partition coefficient (Wildman–Crippen LogP) is 1.89. The molecule has 1 amide bonds. The van der Waals surface area contributed by atoms with Gasteiger partial charge in [-0.1, -0.05) is 0 Å². The van der Waals surface area contributed by atoms with Crippen LogP contribution in [0.4, 0.5) is 4.79 Å². The van der Waals surface area contributed by atoms with Crippen molar-refractivity contribution in [2.45, 2.75) is 59.6 Å². The van der Waals surface area contributed by atoms with Crippen molar-refractivity contribution >= 4 is 12.1 Å².